The Kier molecular flexibility index (Phi) is 6.36. The summed E-state index contributed by atoms with van der Waals surface area (Å²) in [6.45, 7) is 0. The van der Waals surface area contributed by atoms with Gasteiger partial charge in [0.1, 0.15) is 0 Å². The molecule has 7 heavy (non-hydrogen) atoms. The molecule has 3 heteroatoms. The Balaban J connectivity index is 0.000000110. The average molecular weight is 122 g/mol. The van der Waals surface area contributed by atoms with Gasteiger partial charge in [0, 0.05) is 0 Å². The van der Waals surface area contributed by atoms with Crippen LogP contribution in [0, 0.1) is 0 Å². The first-order chi connectivity index (χ1) is 3.41. The molecule has 1 fully saturated rings. The number of hydrogen-bond acceptors (Lipinski definition) is 1. The van der Waals surface area contributed by atoms with E-state index in [1.165, 1.54) is 25.7 Å². The van der Waals surface area contributed by atoms with Crippen molar-refractivity contribution in [2.45, 2.75) is 25.7 Å². The van der Waals surface area contributed by atoms with Crippen molar-refractivity contribution in [1.82, 2.24) is 0 Å². The SMILES string of the molecule is C1CCC1.O=[PH2]O. The molecular weight excluding hydrogens is 111 g/mol. The van der Waals surface area contributed by atoms with E-state index in [2.05, 4.69) is 0 Å². The van der Waals surface area contributed by atoms with Crippen LogP contribution in [0.2, 0.25) is 0 Å². The summed E-state index contributed by atoms with van der Waals surface area (Å²) < 4.78 is 8.57. The molecule has 1 N–H and O–H groups in total. The Morgan fingerprint density at radius 1 is 1.14 bits per heavy atom. The van der Waals surface area contributed by atoms with Gasteiger partial charge in [-0.05, 0) is 0 Å². The molecule has 0 aliphatic heterocycles. The van der Waals surface area contributed by atoms with Gasteiger partial charge in [-0.25, -0.2) is 0 Å². The molecule has 0 spiro atoms. The van der Waals surface area contributed by atoms with Gasteiger partial charge in [-0.2, -0.15) is 0 Å². The Labute approximate surface area is 44.8 Å². The van der Waals surface area contributed by atoms with Crippen molar-refractivity contribution < 1.29 is 9.46 Å². The van der Waals surface area contributed by atoms with Crippen LogP contribution in [0.5, 0.6) is 0 Å². The summed E-state index contributed by atoms with van der Waals surface area (Å²) in [7, 11) is -1.50. The highest BCUT2D eigenvalue weighted by molar-refractivity contribution is 7.16. The highest BCUT2D eigenvalue weighted by atomic mass is 31.1. The molecule has 1 atom stereocenters. The zero-order valence-corrected chi connectivity index (χ0v) is 5.42. The summed E-state index contributed by atoms with van der Waals surface area (Å²) in [4.78, 5) is 7.10. The lowest BCUT2D eigenvalue weighted by Gasteiger charge is -2.05. The summed E-state index contributed by atoms with van der Waals surface area (Å²) in [5.74, 6) is 0. The molecule has 1 unspecified atom stereocenters. The lowest BCUT2D eigenvalue weighted by Crippen LogP contribution is -1.85. The lowest BCUT2D eigenvalue weighted by atomic mass is 10.0. The molecule has 0 bridgehead atoms. The summed E-state index contributed by atoms with van der Waals surface area (Å²) in [6, 6.07) is 0. The topological polar surface area (TPSA) is 37.3 Å². The van der Waals surface area contributed by atoms with Crippen LogP contribution in [-0.2, 0) is 4.57 Å². The summed E-state index contributed by atoms with van der Waals surface area (Å²) in [5.41, 5.74) is 0. The van der Waals surface area contributed by atoms with Gasteiger partial charge >= 0.3 is 0 Å². The van der Waals surface area contributed by atoms with Gasteiger partial charge in [0.2, 0.25) is 0 Å². The minimum atomic E-state index is -1.50. The smallest absolute Gasteiger partial charge is 0.177 e. The maximum Gasteiger partial charge on any atom is 0.177 e. The van der Waals surface area contributed by atoms with E-state index >= 15 is 0 Å². The van der Waals surface area contributed by atoms with E-state index in [0.717, 1.165) is 0 Å². The zero-order valence-electron chi connectivity index (χ0n) is 4.26. The van der Waals surface area contributed by atoms with Crippen LogP contribution in [-0.4, -0.2) is 4.89 Å². The van der Waals surface area contributed by atoms with Crippen molar-refractivity contribution in [2.75, 3.05) is 0 Å². The molecule has 0 amide bonds. The first kappa shape index (κ1) is 7.19. The largest absolute Gasteiger partial charge is 0.348 e. The van der Waals surface area contributed by atoms with Gasteiger partial charge in [-0.1, -0.05) is 25.7 Å². The van der Waals surface area contributed by atoms with E-state index in [1.807, 2.05) is 0 Å². The molecule has 2 nitrogen and oxygen atoms in total. The fraction of sp³-hybridized carbons (Fsp3) is 1.00. The van der Waals surface area contributed by atoms with E-state index < -0.39 is 8.69 Å². The van der Waals surface area contributed by atoms with E-state index in [1.54, 1.807) is 0 Å². The Morgan fingerprint density at radius 2 is 1.29 bits per heavy atom. The molecule has 1 aliphatic carbocycles. The van der Waals surface area contributed by atoms with Crippen LogP contribution in [0.15, 0.2) is 0 Å². The second-order valence-electron chi connectivity index (χ2n) is 1.52. The molecule has 1 aliphatic rings. The van der Waals surface area contributed by atoms with Crippen LogP contribution in [0.3, 0.4) is 0 Å². The van der Waals surface area contributed by atoms with Gasteiger partial charge in [0.15, 0.2) is 8.69 Å². The maximum absolute atomic E-state index is 8.57. The quantitative estimate of drug-likeness (QED) is 0.490. The third-order valence-electron chi connectivity index (χ3n) is 1.000. The van der Waals surface area contributed by atoms with Gasteiger partial charge in [0.05, 0.1) is 0 Å². The minimum absolute atomic E-state index is 1.50. The molecule has 1 saturated carbocycles. The van der Waals surface area contributed by atoms with E-state index in [0.29, 0.717) is 0 Å². The molecule has 44 valence electrons. The van der Waals surface area contributed by atoms with E-state index in [9.17, 15) is 0 Å². The van der Waals surface area contributed by atoms with Crippen molar-refractivity contribution in [3.8, 4) is 0 Å². The van der Waals surface area contributed by atoms with E-state index in [-0.39, 0.29) is 0 Å². The highest BCUT2D eigenvalue weighted by Crippen LogP contribution is 2.15. The Bertz CT molecular complexity index is 39.0. The predicted molar refractivity (Wildman–Crippen MR) is 31.1 cm³/mol. The summed E-state index contributed by atoms with van der Waals surface area (Å²) in [5, 5.41) is 0. The van der Waals surface area contributed by atoms with Crippen molar-refractivity contribution in [2.24, 2.45) is 0 Å². The van der Waals surface area contributed by atoms with Crippen molar-refractivity contribution in [3.05, 3.63) is 0 Å². The van der Waals surface area contributed by atoms with Crippen LogP contribution < -0.4 is 0 Å². The van der Waals surface area contributed by atoms with Crippen molar-refractivity contribution >= 4 is 8.69 Å². The molecule has 1 rings (SSSR count). The van der Waals surface area contributed by atoms with Gasteiger partial charge in [-0.3, -0.25) is 4.57 Å². The molecule has 0 aromatic heterocycles. The molecular formula is C4H11O2P. The summed E-state index contributed by atoms with van der Waals surface area (Å²) >= 11 is 0. The number of rotatable bonds is 0. The molecule has 0 aromatic rings. The zero-order chi connectivity index (χ0) is 5.54. The standard InChI is InChI=1S/C4H8.H3O2P/c1-2-4-3-1;1-3-2/h1-4H2;3H2,(H,1,2). The Morgan fingerprint density at radius 3 is 1.29 bits per heavy atom. The first-order valence-corrected chi connectivity index (χ1v) is 3.48. The predicted octanol–water partition coefficient (Wildman–Crippen LogP) is 1.21. The van der Waals surface area contributed by atoms with E-state index in [4.69, 9.17) is 9.46 Å². The van der Waals surface area contributed by atoms with Crippen molar-refractivity contribution in [1.29, 1.82) is 0 Å². The fourth-order valence-electron chi connectivity index (χ4n) is 0.250. The van der Waals surface area contributed by atoms with Gasteiger partial charge < -0.3 is 4.89 Å². The molecule has 0 saturated heterocycles. The van der Waals surface area contributed by atoms with Crippen molar-refractivity contribution in [3.63, 3.8) is 0 Å². The molecule has 0 aromatic carbocycles. The van der Waals surface area contributed by atoms with Crippen LogP contribution in [0.4, 0.5) is 0 Å². The van der Waals surface area contributed by atoms with Crippen LogP contribution in [0.25, 0.3) is 0 Å². The highest BCUT2D eigenvalue weighted by Gasteiger charge is 1.95. The minimum Gasteiger partial charge on any atom is -0.348 e. The summed E-state index contributed by atoms with van der Waals surface area (Å²) in [6.07, 6.45) is 6.00. The normalized spacial score (nSPS) is 17.9. The third kappa shape index (κ3) is 6.19. The van der Waals surface area contributed by atoms with Gasteiger partial charge in [-0.15, -0.1) is 0 Å². The fourth-order valence-corrected chi connectivity index (χ4v) is 0.250. The van der Waals surface area contributed by atoms with Gasteiger partial charge in [0.25, 0.3) is 0 Å². The van der Waals surface area contributed by atoms with Crippen LogP contribution >= 0.6 is 8.69 Å². The third-order valence-corrected chi connectivity index (χ3v) is 1.000. The number of hydrogen-bond donors (Lipinski definition) is 1. The molecule has 0 heterocycles. The van der Waals surface area contributed by atoms with Crippen LogP contribution in [0.1, 0.15) is 25.7 Å². The lowest BCUT2D eigenvalue weighted by molar-refractivity contribution is 0.504. The Hall–Kier alpha value is 0.190. The maximum atomic E-state index is 8.57. The molecule has 0 radical (unpaired) electrons. The average Bonchev–Trinajstić information content (AvgIpc) is 1.27. The second kappa shape index (κ2) is 6.19. The monoisotopic (exact) mass is 122 g/mol. The first-order valence-electron chi connectivity index (χ1n) is 2.49. The second-order valence-corrected chi connectivity index (χ2v) is 1.73.